The second-order valence-electron chi connectivity index (χ2n) is 6.92. The molecule has 11 heteroatoms. The number of sulfone groups is 1. The number of amides is 1. The van der Waals surface area contributed by atoms with Crippen molar-refractivity contribution in [2.45, 2.75) is 17.7 Å². The van der Waals surface area contributed by atoms with E-state index in [0.717, 1.165) is 10.0 Å². The van der Waals surface area contributed by atoms with Crippen molar-refractivity contribution in [3.05, 3.63) is 69.7 Å². The maximum absolute atomic E-state index is 12.7. The lowest BCUT2D eigenvalue weighted by Crippen LogP contribution is -2.30. The molecule has 1 amide bonds. The van der Waals surface area contributed by atoms with Crippen LogP contribution in [0.1, 0.15) is 17.5 Å². The van der Waals surface area contributed by atoms with E-state index in [2.05, 4.69) is 21.2 Å². The van der Waals surface area contributed by atoms with Gasteiger partial charge < -0.3 is 5.32 Å². The van der Waals surface area contributed by atoms with Gasteiger partial charge >= 0.3 is 0 Å². The monoisotopic (exact) mass is 539 g/mol. The van der Waals surface area contributed by atoms with Gasteiger partial charge in [0.15, 0.2) is 9.84 Å². The Morgan fingerprint density at radius 2 is 1.69 bits per heavy atom. The number of nitrogens with two attached hydrogens (primary N) is 1. The van der Waals surface area contributed by atoms with Crippen LogP contribution >= 0.6 is 15.9 Å². The summed E-state index contributed by atoms with van der Waals surface area (Å²) in [6.45, 7) is 0.212. The number of nitrogens with one attached hydrogen (secondary N) is 1. The predicted octanol–water partition coefficient (Wildman–Crippen LogP) is 2.17. The van der Waals surface area contributed by atoms with E-state index in [4.69, 9.17) is 10.4 Å². The summed E-state index contributed by atoms with van der Waals surface area (Å²) in [4.78, 5) is 12.7. The molecule has 32 heavy (non-hydrogen) atoms. The molecular weight excluding hydrogens is 518 g/mol. The highest BCUT2D eigenvalue weighted by atomic mass is 79.9. The quantitative estimate of drug-likeness (QED) is 0.442. The molecule has 0 radical (unpaired) electrons. The molecule has 0 aliphatic rings. The van der Waals surface area contributed by atoms with Crippen molar-refractivity contribution >= 4 is 47.8 Å². The number of sulfonamides is 1. The number of rotatable bonds is 10. The first-order valence-corrected chi connectivity index (χ1v) is 13.6. The van der Waals surface area contributed by atoms with E-state index in [1.54, 1.807) is 42.5 Å². The summed E-state index contributed by atoms with van der Waals surface area (Å²) in [6.07, 6.45) is 1.76. The Morgan fingerprint density at radius 1 is 1.06 bits per heavy atom. The van der Waals surface area contributed by atoms with Crippen molar-refractivity contribution < 1.29 is 21.6 Å². The molecule has 0 heterocycles. The highest BCUT2D eigenvalue weighted by Crippen LogP contribution is 2.15. The minimum atomic E-state index is -3.78. The Labute approximate surface area is 196 Å². The van der Waals surface area contributed by atoms with Crippen LogP contribution in [0.2, 0.25) is 0 Å². The Morgan fingerprint density at radius 3 is 2.25 bits per heavy atom. The van der Waals surface area contributed by atoms with Gasteiger partial charge in [-0.3, -0.25) is 4.79 Å². The molecule has 2 aromatic rings. The summed E-state index contributed by atoms with van der Waals surface area (Å²) in [5, 5.41) is 16.4. The van der Waals surface area contributed by atoms with Crippen LogP contribution in [0.3, 0.4) is 0 Å². The molecule has 0 unspecified atom stereocenters. The number of carbonyl (C=O) groups is 1. The van der Waals surface area contributed by atoms with E-state index in [-0.39, 0.29) is 29.2 Å². The summed E-state index contributed by atoms with van der Waals surface area (Å²) < 4.78 is 48.1. The normalized spacial score (nSPS) is 12.2. The zero-order valence-corrected chi connectivity index (χ0v) is 20.2. The molecule has 170 valence electrons. The summed E-state index contributed by atoms with van der Waals surface area (Å²) in [5.74, 6) is -1.35. The van der Waals surface area contributed by atoms with Crippen molar-refractivity contribution in [2.75, 3.05) is 18.1 Å². The average Bonchev–Trinajstić information content (AvgIpc) is 2.73. The van der Waals surface area contributed by atoms with E-state index < -0.39 is 31.5 Å². The lowest BCUT2D eigenvalue weighted by molar-refractivity contribution is -0.117. The van der Waals surface area contributed by atoms with Crippen LogP contribution in [0.15, 0.2) is 63.5 Å². The van der Waals surface area contributed by atoms with Gasteiger partial charge in [0.2, 0.25) is 15.9 Å². The molecular formula is C21H22BrN3O5S2. The standard InChI is InChI=1S/C21H22BrN3O5S2/c22-19-6-2-17(3-7-19)14-18(15-31(27,28)13-1-11-23)21(26)25-12-10-16-4-8-20(9-5-16)32(24,29)30/h2-9,14H,1,10,12-13,15H2,(H,25,26)(H2,24,29,30)/b18-14+. The van der Waals surface area contributed by atoms with Crippen LogP contribution in [0.4, 0.5) is 0 Å². The topological polar surface area (TPSA) is 147 Å². The van der Waals surface area contributed by atoms with Gasteiger partial charge in [-0.05, 0) is 47.9 Å². The van der Waals surface area contributed by atoms with Gasteiger partial charge in [0.1, 0.15) is 0 Å². The van der Waals surface area contributed by atoms with Gasteiger partial charge in [-0.1, -0.05) is 40.2 Å². The summed E-state index contributed by atoms with van der Waals surface area (Å²) >= 11 is 3.32. The van der Waals surface area contributed by atoms with Crippen molar-refractivity contribution in [1.82, 2.24) is 5.32 Å². The van der Waals surface area contributed by atoms with Crippen molar-refractivity contribution in [2.24, 2.45) is 5.14 Å². The molecule has 0 fully saturated rings. The number of hydrogen-bond acceptors (Lipinski definition) is 6. The molecule has 0 saturated heterocycles. The van der Waals surface area contributed by atoms with E-state index in [0.29, 0.717) is 12.0 Å². The molecule has 8 nitrogen and oxygen atoms in total. The number of halogens is 1. The van der Waals surface area contributed by atoms with Crippen LogP contribution in [0.5, 0.6) is 0 Å². The van der Waals surface area contributed by atoms with Gasteiger partial charge in [0.25, 0.3) is 0 Å². The zero-order chi connectivity index (χ0) is 23.8. The fourth-order valence-electron chi connectivity index (χ4n) is 2.72. The highest BCUT2D eigenvalue weighted by molar-refractivity contribution is 9.10. The minimum absolute atomic E-state index is 0.00687. The van der Waals surface area contributed by atoms with Crippen molar-refractivity contribution in [3.8, 4) is 6.07 Å². The first-order chi connectivity index (χ1) is 15.0. The summed E-state index contributed by atoms with van der Waals surface area (Å²) in [7, 11) is -7.42. The third-order valence-corrected chi connectivity index (χ3v) is 7.39. The van der Waals surface area contributed by atoms with Crippen molar-refractivity contribution in [3.63, 3.8) is 0 Å². The third kappa shape index (κ3) is 8.55. The first kappa shape index (κ1) is 25.7. The Hall–Kier alpha value is -2.52. The molecule has 2 aromatic carbocycles. The van der Waals surface area contributed by atoms with Crippen LogP contribution in [-0.2, 0) is 31.1 Å². The first-order valence-electron chi connectivity index (χ1n) is 9.43. The van der Waals surface area contributed by atoms with Gasteiger partial charge in [-0.25, -0.2) is 22.0 Å². The van der Waals surface area contributed by atoms with Crippen molar-refractivity contribution in [1.29, 1.82) is 5.26 Å². The third-order valence-electron chi connectivity index (χ3n) is 4.35. The molecule has 0 atom stereocenters. The molecule has 0 aliphatic carbocycles. The minimum Gasteiger partial charge on any atom is -0.352 e. The predicted molar refractivity (Wildman–Crippen MR) is 126 cm³/mol. The molecule has 0 saturated carbocycles. The van der Waals surface area contributed by atoms with Crippen LogP contribution in [-0.4, -0.2) is 40.8 Å². The smallest absolute Gasteiger partial charge is 0.248 e. The zero-order valence-electron chi connectivity index (χ0n) is 17.0. The molecule has 2 rings (SSSR count). The summed E-state index contributed by atoms with van der Waals surface area (Å²) in [6, 6.07) is 14.8. The van der Waals surface area contributed by atoms with Gasteiger partial charge in [-0.2, -0.15) is 5.26 Å². The Balaban J connectivity index is 2.11. The highest BCUT2D eigenvalue weighted by Gasteiger charge is 2.19. The molecule has 0 bridgehead atoms. The van der Waals surface area contributed by atoms with Gasteiger partial charge in [0, 0.05) is 23.0 Å². The van der Waals surface area contributed by atoms with Gasteiger partial charge in [0.05, 0.1) is 22.5 Å². The van der Waals surface area contributed by atoms with E-state index in [1.807, 2.05) is 0 Å². The number of nitrogens with zero attached hydrogens (tertiary/aromatic N) is 1. The SMILES string of the molecule is N#CCCS(=O)(=O)C/C(=C\c1ccc(Br)cc1)C(=O)NCCc1ccc(S(N)(=O)=O)cc1. The van der Waals surface area contributed by atoms with Crippen LogP contribution in [0.25, 0.3) is 6.08 Å². The number of hydrogen-bond donors (Lipinski definition) is 2. The molecule has 0 aliphatic heterocycles. The number of benzene rings is 2. The Bertz CT molecular complexity index is 1230. The number of primary sulfonamides is 1. The molecule has 0 aromatic heterocycles. The maximum Gasteiger partial charge on any atom is 0.248 e. The number of carbonyl (C=O) groups excluding carboxylic acids is 1. The van der Waals surface area contributed by atoms with Gasteiger partial charge in [-0.15, -0.1) is 0 Å². The fourth-order valence-corrected chi connectivity index (χ4v) is 4.74. The maximum atomic E-state index is 12.7. The average molecular weight is 540 g/mol. The largest absolute Gasteiger partial charge is 0.352 e. The van der Waals surface area contributed by atoms with E-state index >= 15 is 0 Å². The number of nitriles is 1. The van der Waals surface area contributed by atoms with Crippen LogP contribution < -0.4 is 10.5 Å². The lowest BCUT2D eigenvalue weighted by atomic mass is 10.1. The second kappa shape index (κ2) is 11.4. The van der Waals surface area contributed by atoms with E-state index in [1.165, 1.54) is 18.2 Å². The van der Waals surface area contributed by atoms with Crippen LogP contribution in [0, 0.1) is 11.3 Å². The molecule has 3 N–H and O–H groups in total. The fraction of sp³-hybridized carbons (Fsp3) is 0.238. The van der Waals surface area contributed by atoms with E-state index in [9.17, 15) is 21.6 Å². The summed E-state index contributed by atoms with van der Waals surface area (Å²) in [5.41, 5.74) is 1.50. The Kier molecular flexibility index (Phi) is 9.15. The molecule has 0 spiro atoms. The second-order valence-corrected chi connectivity index (χ2v) is 11.6. The lowest BCUT2D eigenvalue weighted by Gasteiger charge is -2.10.